The summed E-state index contributed by atoms with van der Waals surface area (Å²) in [5.41, 5.74) is 1.26. The van der Waals surface area contributed by atoms with Crippen LogP contribution >= 0.6 is 11.8 Å². The van der Waals surface area contributed by atoms with E-state index in [4.69, 9.17) is 4.74 Å². The highest BCUT2D eigenvalue weighted by molar-refractivity contribution is 8.14. The minimum Gasteiger partial charge on any atom is -0.380 e. The number of carbonyl (C=O) groups excluding carboxylic acids is 1. The summed E-state index contributed by atoms with van der Waals surface area (Å²) in [5, 5.41) is 1.84. The van der Waals surface area contributed by atoms with Crippen LogP contribution in [0.25, 0.3) is 10.8 Å². The van der Waals surface area contributed by atoms with E-state index >= 15 is 0 Å². The van der Waals surface area contributed by atoms with Crippen molar-refractivity contribution < 1.29 is 17.9 Å². The van der Waals surface area contributed by atoms with Crippen molar-refractivity contribution in [3.05, 3.63) is 78.4 Å². The largest absolute Gasteiger partial charge is 0.380 e. The van der Waals surface area contributed by atoms with Crippen LogP contribution < -0.4 is 0 Å². The van der Waals surface area contributed by atoms with Gasteiger partial charge in [-0.05, 0) is 47.7 Å². The van der Waals surface area contributed by atoms with Gasteiger partial charge in [-0.15, -0.1) is 0 Å². The first-order valence-corrected chi connectivity index (χ1v) is 13.5. The number of carbonyl (C=O) groups is 1. The highest BCUT2D eigenvalue weighted by Crippen LogP contribution is 2.33. The Kier molecular flexibility index (Phi) is 7.86. The Hall–Kier alpha value is -2.19. The van der Waals surface area contributed by atoms with E-state index in [0.29, 0.717) is 26.2 Å². The molecule has 3 aromatic rings. The summed E-state index contributed by atoms with van der Waals surface area (Å²) in [7, 11) is -3.71. The van der Waals surface area contributed by atoms with E-state index in [1.165, 1.54) is 28.6 Å². The van der Waals surface area contributed by atoms with Gasteiger partial charge >= 0.3 is 0 Å². The Morgan fingerprint density at radius 3 is 2.52 bits per heavy atom. The average Bonchev–Trinajstić information content (AvgIpc) is 3.22. The molecule has 0 bridgehead atoms. The van der Waals surface area contributed by atoms with Gasteiger partial charge in [0.1, 0.15) is 0 Å². The highest BCUT2D eigenvalue weighted by atomic mass is 32.2. The lowest BCUT2D eigenvalue weighted by Gasteiger charge is -2.24. The minimum absolute atomic E-state index is 0.00693. The Morgan fingerprint density at radius 2 is 1.76 bits per heavy atom. The van der Waals surface area contributed by atoms with Gasteiger partial charge in [-0.25, -0.2) is 8.42 Å². The van der Waals surface area contributed by atoms with Crippen LogP contribution in [-0.4, -0.2) is 48.9 Å². The number of hydrogen-bond acceptors (Lipinski definition) is 5. The van der Waals surface area contributed by atoms with Crippen molar-refractivity contribution in [2.75, 3.05) is 19.8 Å². The molecule has 0 unspecified atom stereocenters. The molecule has 1 aliphatic rings. The molecule has 0 aromatic heterocycles. The molecule has 1 aliphatic heterocycles. The van der Waals surface area contributed by atoms with Crippen molar-refractivity contribution in [2.45, 2.75) is 42.4 Å². The molecule has 1 fully saturated rings. The van der Waals surface area contributed by atoms with Crippen molar-refractivity contribution in [3.63, 3.8) is 0 Å². The second kappa shape index (κ2) is 10.8. The van der Waals surface area contributed by atoms with E-state index in [9.17, 15) is 13.2 Å². The predicted octanol–water partition coefficient (Wildman–Crippen LogP) is 4.90. The highest BCUT2D eigenvalue weighted by Gasteiger charge is 2.41. The van der Waals surface area contributed by atoms with Gasteiger partial charge in [-0.3, -0.25) is 4.79 Å². The number of sulfonamides is 1. The van der Waals surface area contributed by atoms with Crippen molar-refractivity contribution >= 4 is 37.7 Å². The number of aryl methyl sites for hydroxylation is 1. The van der Waals surface area contributed by atoms with Gasteiger partial charge in [0.2, 0.25) is 10.0 Å². The summed E-state index contributed by atoms with van der Waals surface area (Å²) < 4.78 is 34.6. The topological polar surface area (TPSA) is 63.7 Å². The fourth-order valence-electron chi connectivity index (χ4n) is 4.32. The molecule has 7 heteroatoms. The summed E-state index contributed by atoms with van der Waals surface area (Å²) in [5.74, 6) is 0. The van der Waals surface area contributed by atoms with Gasteiger partial charge in [0, 0.05) is 31.4 Å². The van der Waals surface area contributed by atoms with Gasteiger partial charge < -0.3 is 4.74 Å². The fourth-order valence-corrected chi connectivity index (χ4v) is 7.14. The average molecular weight is 484 g/mol. The van der Waals surface area contributed by atoms with Crippen LogP contribution in [0.4, 0.5) is 0 Å². The number of rotatable bonds is 9. The summed E-state index contributed by atoms with van der Waals surface area (Å²) in [6.45, 7) is 2.74. The number of nitrogens with zero attached hydrogens (tertiary/aromatic N) is 1. The molecule has 0 radical (unpaired) electrons. The van der Waals surface area contributed by atoms with Gasteiger partial charge in [0.15, 0.2) is 5.12 Å². The van der Waals surface area contributed by atoms with E-state index in [1.807, 2.05) is 48.5 Å². The molecule has 33 heavy (non-hydrogen) atoms. The Balaban J connectivity index is 1.44. The lowest BCUT2D eigenvalue weighted by Crippen LogP contribution is -2.38. The molecule has 5 nitrogen and oxygen atoms in total. The number of thioether (sulfide) groups is 1. The molecule has 0 amide bonds. The first-order valence-electron chi connectivity index (χ1n) is 11.2. The second-order valence-corrected chi connectivity index (χ2v) is 11.7. The van der Waals surface area contributed by atoms with E-state index < -0.39 is 10.0 Å². The maximum Gasteiger partial charge on any atom is 0.243 e. The predicted molar refractivity (Wildman–Crippen MR) is 134 cm³/mol. The monoisotopic (exact) mass is 483 g/mol. The van der Waals surface area contributed by atoms with Crippen LogP contribution in [0.5, 0.6) is 0 Å². The lowest BCUT2D eigenvalue weighted by molar-refractivity contribution is -0.109. The zero-order chi connectivity index (χ0) is 23.3. The molecule has 3 aromatic carbocycles. The zero-order valence-corrected chi connectivity index (χ0v) is 20.4. The molecule has 2 atom stereocenters. The van der Waals surface area contributed by atoms with Gasteiger partial charge in [0.05, 0.1) is 11.5 Å². The van der Waals surface area contributed by atoms with Crippen LogP contribution in [0.1, 0.15) is 25.3 Å². The van der Waals surface area contributed by atoms with Gasteiger partial charge in [-0.1, -0.05) is 72.4 Å². The maximum absolute atomic E-state index is 13.6. The summed E-state index contributed by atoms with van der Waals surface area (Å²) in [6, 6.07) is 22.9. The first kappa shape index (κ1) is 24.0. The van der Waals surface area contributed by atoms with E-state index in [0.717, 1.165) is 23.6 Å². The smallest absolute Gasteiger partial charge is 0.243 e. The molecule has 1 saturated heterocycles. The summed E-state index contributed by atoms with van der Waals surface area (Å²) >= 11 is 1.22. The molecule has 1 heterocycles. The number of fused-ring (bicyclic) bond motifs is 1. The lowest BCUT2D eigenvalue weighted by atomic mass is 10.1. The molecule has 4 rings (SSSR count). The molecular weight excluding hydrogens is 454 g/mol. The standard InChI is InChI=1S/C26H29NO4S2/c1-20(28)32-25-17-24(19-31-15-7-10-21-8-3-2-4-9-21)27(18-25)33(29,30)26-14-13-22-11-5-6-12-23(22)16-26/h2-6,8-9,11-14,16,24-25H,7,10,15,17-19H2,1H3/t24-,25-/m0/s1. The van der Waals surface area contributed by atoms with E-state index in [-0.39, 0.29) is 21.3 Å². The minimum atomic E-state index is -3.71. The van der Waals surface area contributed by atoms with Crippen molar-refractivity contribution in [3.8, 4) is 0 Å². The Morgan fingerprint density at radius 1 is 1.03 bits per heavy atom. The van der Waals surface area contributed by atoms with Crippen LogP contribution in [0.15, 0.2) is 77.7 Å². The summed E-state index contributed by atoms with van der Waals surface area (Å²) in [4.78, 5) is 12.0. The maximum atomic E-state index is 13.6. The Labute approximate surface area is 200 Å². The third-order valence-corrected chi connectivity index (χ3v) is 8.81. The van der Waals surface area contributed by atoms with E-state index in [2.05, 4.69) is 12.1 Å². The molecule has 0 N–H and O–H groups in total. The first-order chi connectivity index (χ1) is 15.9. The summed E-state index contributed by atoms with van der Waals surface area (Å²) in [6.07, 6.45) is 2.41. The third-order valence-electron chi connectivity index (χ3n) is 5.89. The zero-order valence-electron chi connectivity index (χ0n) is 18.7. The second-order valence-electron chi connectivity index (χ2n) is 8.37. The molecular formula is C26H29NO4S2. The van der Waals surface area contributed by atoms with Gasteiger partial charge in [-0.2, -0.15) is 4.31 Å². The van der Waals surface area contributed by atoms with Crippen molar-refractivity contribution in [1.82, 2.24) is 4.31 Å². The van der Waals surface area contributed by atoms with Gasteiger partial charge in [0.25, 0.3) is 0 Å². The quantitative estimate of drug-likeness (QED) is 0.405. The van der Waals surface area contributed by atoms with Crippen LogP contribution in [0, 0.1) is 0 Å². The molecule has 0 aliphatic carbocycles. The molecule has 0 spiro atoms. The van der Waals surface area contributed by atoms with Crippen LogP contribution in [0.2, 0.25) is 0 Å². The Bertz CT molecular complexity index is 1200. The SMILES string of the molecule is CC(=O)S[C@H]1C[C@@H](COCCCc2ccccc2)N(S(=O)(=O)c2ccc3ccccc3c2)C1. The number of hydrogen-bond donors (Lipinski definition) is 0. The third kappa shape index (κ3) is 6.03. The van der Waals surface area contributed by atoms with Crippen molar-refractivity contribution in [1.29, 1.82) is 0 Å². The van der Waals surface area contributed by atoms with Crippen LogP contribution in [0.3, 0.4) is 0 Å². The number of ether oxygens (including phenoxy) is 1. The van der Waals surface area contributed by atoms with E-state index in [1.54, 1.807) is 12.1 Å². The normalized spacial score (nSPS) is 19.2. The van der Waals surface area contributed by atoms with Crippen LogP contribution in [-0.2, 0) is 26.0 Å². The molecule has 174 valence electrons. The number of benzene rings is 3. The fraction of sp³-hybridized carbons (Fsp3) is 0.346. The van der Waals surface area contributed by atoms with Crippen molar-refractivity contribution in [2.24, 2.45) is 0 Å². The molecule has 0 saturated carbocycles.